The van der Waals surface area contributed by atoms with Crippen molar-refractivity contribution in [3.05, 3.63) is 120 Å². The van der Waals surface area contributed by atoms with Crippen molar-refractivity contribution < 1.29 is 42.1 Å². The smallest absolute Gasteiger partial charge is 0.358 e. The van der Waals surface area contributed by atoms with Crippen molar-refractivity contribution in [2.45, 2.75) is 37.8 Å². The Kier molecular flexibility index (Phi) is 49.5. The molecule has 1 saturated carbocycles. The molecule has 0 radical (unpaired) electrons. The molecule has 0 amide bonds. The molecule has 2 aromatic heterocycles. The third kappa shape index (κ3) is 17.6. The third-order valence-corrected chi connectivity index (χ3v) is 3.87. The fraction of sp³-hybridized carbons (Fsp3) is 0.231. The van der Waals surface area contributed by atoms with E-state index in [-0.39, 0.29) is 114 Å². The van der Waals surface area contributed by atoms with Gasteiger partial charge in [0.1, 0.15) is 0 Å². The van der Waals surface area contributed by atoms with Gasteiger partial charge in [0, 0.05) is 24.8 Å². The number of hydrogen-bond donors (Lipinski definition) is 0. The largest absolute Gasteiger partial charge is 4.00 e. The van der Waals surface area contributed by atoms with E-state index in [0.717, 1.165) is 24.2 Å². The quantitative estimate of drug-likeness (QED) is 0.249. The second kappa shape index (κ2) is 30.0. The summed E-state index contributed by atoms with van der Waals surface area (Å²) in [5.41, 5.74) is 1.81. The summed E-state index contributed by atoms with van der Waals surface area (Å²) in [6.07, 6.45) is 12.0. The minimum Gasteiger partial charge on any atom is -0.358 e. The van der Waals surface area contributed by atoms with E-state index in [2.05, 4.69) is 9.97 Å². The van der Waals surface area contributed by atoms with E-state index in [1.807, 2.05) is 48.8 Å². The Balaban J connectivity index is -0.0000000960. The van der Waals surface area contributed by atoms with Crippen LogP contribution in [0.25, 0.3) is 0 Å². The summed E-state index contributed by atoms with van der Waals surface area (Å²) in [5, 5.41) is 0. The predicted octanol–water partition coefficient (Wildman–Crippen LogP) is 6.92. The summed E-state index contributed by atoms with van der Waals surface area (Å²) in [6.45, 7) is 0. The molecular weight excluding hydrogens is 758 g/mol. The minimum atomic E-state index is 0. The molecule has 4 nitrogen and oxygen atoms in total. The first-order valence-electron chi connectivity index (χ1n) is 7.80. The van der Waals surface area contributed by atoms with Gasteiger partial charge in [-0.05, 0) is 37.1 Å². The van der Waals surface area contributed by atoms with Crippen molar-refractivity contribution in [1.82, 2.24) is 9.97 Å². The van der Waals surface area contributed by atoms with Gasteiger partial charge in [-0.1, -0.05) is 25.0 Å². The molecule has 0 saturated heterocycles. The average molecular weight is 803 g/mol. The molecule has 188 valence electrons. The van der Waals surface area contributed by atoms with Gasteiger partial charge in [0.15, 0.2) is 0 Å². The molecule has 0 spiro atoms. The van der Waals surface area contributed by atoms with Crippen LogP contribution in [-0.4, -0.2) is 34.5 Å². The van der Waals surface area contributed by atoms with Crippen molar-refractivity contribution in [2.75, 3.05) is 0 Å². The molecule has 2 unspecified atom stereocenters. The number of pyridine rings is 2. The normalized spacial score (nSPS) is 15.4. The molecule has 0 aliphatic heterocycles. The van der Waals surface area contributed by atoms with Crippen LogP contribution >= 0.6 is 0 Å². The Morgan fingerprint density at radius 3 is 1.22 bits per heavy atom. The molecule has 0 aromatic carbocycles. The average Bonchev–Trinajstić information content (AvgIpc) is 2.61. The van der Waals surface area contributed by atoms with Crippen molar-refractivity contribution in [1.29, 1.82) is 0 Å². The maximum absolute atomic E-state index is 4.73. The van der Waals surface area contributed by atoms with Crippen LogP contribution in [0.15, 0.2) is 58.8 Å². The maximum atomic E-state index is 4.73. The van der Waals surface area contributed by atoms with Crippen LogP contribution < -0.4 is 0 Å². The number of aliphatic imine (C=N–C) groups is 2. The second-order valence-electron chi connectivity index (χ2n) is 5.48. The zero-order valence-corrected chi connectivity index (χ0v) is 25.7. The fourth-order valence-electron chi connectivity index (χ4n) is 2.69. The number of nitrogens with zero attached hydrogens (tertiary/aromatic N) is 4. The summed E-state index contributed by atoms with van der Waals surface area (Å²) in [4.78, 5) is 18.0. The van der Waals surface area contributed by atoms with Crippen molar-refractivity contribution >= 4 is 12.4 Å². The van der Waals surface area contributed by atoms with Gasteiger partial charge >= 0.3 is 42.1 Å². The van der Waals surface area contributed by atoms with E-state index in [1.165, 1.54) is 12.8 Å². The molecular formula is C26H44N4Pt2. The van der Waals surface area contributed by atoms with Gasteiger partial charge in [-0.25, -0.2) is 0 Å². The molecule has 1 aliphatic rings. The number of aromatic nitrogens is 2. The third-order valence-electron chi connectivity index (χ3n) is 3.87. The summed E-state index contributed by atoms with van der Waals surface area (Å²) < 4.78 is 0. The van der Waals surface area contributed by atoms with Crippen molar-refractivity contribution in [3.63, 3.8) is 0 Å². The van der Waals surface area contributed by atoms with Crippen LogP contribution in [0, 0.1) is 59.4 Å². The Morgan fingerprint density at radius 2 is 0.938 bits per heavy atom. The summed E-state index contributed by atoms with van der Waals surface area (Å²) in [5.74, 6) is 0. The Bertz CT molecular complexity index is 577. The minimum absolute atomic E-state index is 0. The predicted molar refractivity (Wildman–Crippen MR) is 141 cm³/mol. The van der Waals surface area contributed by atoms with Gasteiger partial charge < -0.3 is 59.4 Å². The van der Waals surface area contributed by atoms with Gasteiger partial charge in [0.2, 0.25) is 0 Å². The maximum Gasteiger partial charge on any atom is 4.00 e. The fourth-order valence-corrected chi connectivity index (χ4v) is 2.69. The molecule has 2 atom stereocenters. The van der Waals surface area contributed by atoms with Gasteiger partial charge in [0.25, 0.3) is 0 Å². The molecule has 6 heteroatoms. The van der Waals surface area contributed by atoms with Gasteiger partial charge in [-0.15, -0.1) is 0 Å². The van der Waals surface area contributed by atoms with E-state index >= 15 is 0 Å². The van der Waals surface area contributed by atoms with E-state index < -0.39 is 0 Å². The Hall–Kier alpha value is -0.983. The van der Waals surface area contributed by atoms with Crippen LogP contribution in [0.4, 0.5) is 0 Å². The van der Waals surface area contributed by atoms with E-state index in [1.54, 1.807) is 12.4 Å². The molecule has 32 heavy (non-hydrogen) atoms. The van der Waals surface area contributed by atoms with Gasteiger partial charge in [-0.2, -0.15) is 0 Å². The van der Waals surface area contributed by atoms with Crippen molar-refractivity contribution in [2.24, 2.45) is 9.98 Å². The first-order chi connectivity index (χ1) is 10.9. The van der Waals surface area contributed by atoms with Crippen LogP contribution in [0.1, 0.15) is 37.1 Å². The topological polar surface area (TPSA) is 50.5 Å². The molecule has 3 rings (SSSR count). The monoisotopic (exact) mass is 802 g/mol. The zero-order chi connectivity index (χ0) is 15.0. The van der Waals surface area contributed by atoms with Crippen LogP contribution in [-0.2, 0) is 42.1 Å². The van der Waals surface area contributed by atoms with Crippen LogP contribution in [0.5, 0.6) is 0 Å². The van der Waals surface area contributed by atoms with Crippen LogP contribution in [0.2, 0.25) is 0 Å². The standard InChI is InChI=1S/C18H20N4.8CH3.2Pt/c1-2-10-18(22-14-16-8-4-6-12-20-16)17(9-1)21-13-15-7-3-5-11-19-15;;;;;;;;;;/h3-8,11-14,17-18H,1-2,9-10H2;8*1H3;;/q;8*-1;2*+4. The number of rotatable bonds is 4. The van der Waals surface area contributed by atoms with Crippen LogP contribution in [0.3, 0.4) is 0 Å². The first kappa shape index (κ1) is 52.8. The molecule has 2 aromatic rings. The zero-order valence-electron chi connectivity index (χ0n) is 21.2. The summed E-state index contributed by atoms with van der Waals surface area (Å²) in [7, 11) is 0. The second-order valence-corrected chi connectivity index (χ2v) is 5.48. The van der Waals surface area contributed by atoms with Gasteiger partial charge in [0.05, 0.1) is 23.5 Å². The first-order valence-corrected chi connectivity index (χ1v) is 7.80. The Labute approximate surface area is 230 Å². The Morgan fingerprint density at radius 1 is 0.594 bits per heavy atom. The van der Waals surface area contributed by atoms with Crippen molar-refractivity contribution in [3.8, 4) is 0 Å². The molecule has 0 N–H and O–H groups in total. The summed E-state index contributed by atoms with van der Waals surface area (Å²) in [6, 6.07) is 12.2. The molecule has 0 bridgehead atoms. The van der Waals surface area contributed by atoms with E-state index in [0.29, 0.717) is 0 Å². The van der Waals surface area contributed by atoms with E-state index in [9.17, 15) is 0 Å². The summed E-state index contributed by atoms with van der Waals surface area (Å²) >= 11 is 0. The SMILES string of the molecule is C(=NC1CCCCC1N=Cc1ccccn1)c1ccccn1.[CH3-].[CH3-].[CH3-].[CH3-].[CH3-].[CH3-].[CH3-].[CH3-].[Pt+4].[Pt+4]. The molecule has 2 heterocycles. The molecule has 1 aliphatic carbocycles. The molecule has 1 fully saturated rings. The number of hydrogen-bond acceptors (Lipinski definition) is 4. The van der Waals surface area contributed by atoms with Gasteiger partial charge in [-0.3, -0.25) is 20.0 Å². The van der Waals surface area contributed by atoms with E-state index in [4.69, 9.17) is 9.98 Å².